The van der Waals surface area contributed by atoms with E-state index in [-0.39, 0.29) is 11.8 Å². The Hall–Kier alpha value is -2.98. The zero-order chi connectivity index (χ0) is 26.5. The van der Waals surface area contributed by atoms with Gasteiger partial charge in [-0.1, -0.05) is 82.3 Å². The highest BCUT2D eigenvalue weighted by atomic mass is 33.1. The molecule has 2 amide bonds. The first-order valence-corrected chi connectivity index (χ1v) is 13.7. The van der Waals surface area contributed by atoms with Crippen LogP contribution in [0.4, 0.5) is 0 Å². The average molecular weight is 533 g/mol. The van der Waals surface area contributed by atoms with Gasteiger partial charge in [-0.2, -0.15) is 0 Å². The third kappa shape index (κ3) is 9.58. The van der Waals surface area contributed by atoms with Gasteiger partial charge in [0.25, 0.3) is 0 Å². The van der Waals surface area contributed by atoms with E-state index in [0.29, 0.717) is 12.8 Å². The summed E-state index contributed by atoms with van der Waals surface area (Å²) >= 11 is 0. The molecule has 2 rings (SSSR count). The highest BCUT2D eigenvalue weighted by Gasteiger charge is 2.28. The lowest BCUT2D eigenvalue weighted by molar-refractivity contribution is -0.145. The van der Waals surface area contributed by atoms with E-state index in [9.17, 15) is 19.2 Å². The first-order chi connectivity index (χ1) is 17.2. The van der Waals surface area contributed by atoms with E-state index in [2.05, 4.69) is 10.6 Å². The van der Waals surface area contributed by atoms with E-state index < -0.39 is 34.5 Å². The van der Waals surface area contributed by atoms with Crippen LogP contribution in [0.15, 0.2) is 60.7 Å². The molecule has 0 aliphatic rings. The molecule has 0 aliphatic carbocycles. The minimum absolute atomic E-state index is 0.304. The van der Waals surface area contributed by atoms with E-state index >= 15 is 0 Å². The Balaban J connectivity index is 1.90. The summed E-state index contributed by atoms with van der Waals surface area (Å²) in [5.74, 6) is -1.75. The molecule has 0 fully saturated rings. The maximum atomic E-state index is 12.7. The molecule has 194 valence electrons. The van der Waals surface area contributed by atoms with Crippen molar-refractivity contribution in [3.05, 3.63) is 71.8 Å². The number of carbonyl (C=O) groups is 4. The number of rotatable bonds is 13. The number of esters is 2. The monoisotopic (exact) mass is 532 g/mol. The fourth-order valence-corrected chi connectivity index (χ4v) is 5.37. The Bertz CT molecular complexity index is 925. The van der Waals surface area contributed by atoms with Crippen LogP contribution in [0.25, 0.3) is 0 Å². The molecule has 4 atom stereocenters. The van der Waals surface area contributed by atoms with Gasteiger partial charge < -0.3 is 20.1 Å². The van der Waals surface area contributed by atoms with Crippen LogP contribution in [0.2, 0.25) is 0 Å². The molecule has 10 heteroatoms. The quantitative estimate of drug-likeness (QED) is 0.299. The van der Waals surface area contributed by atoms with Gasteiger partial charge in [-0.3, -0.25) is 9.59 Å². The number of hydrogen-bond donors (Lipinski definition) is 2. The van der Waals surface area contributed by atoms with Crippen molar-refractivity contribution >= 4 is 45.3 Å². The first kappa shape index (κ1) is 29.3. The lowest BCUT2D eigenvalue weighted by atomic mass is 10.1. The maximum absolute atomic E-state index is 12.7. The number of carbonyl (C=O) groups excluding carboxylic acids is 4. The second-order valence-corrected chi connectivity index (χ2v) is 11.0. The topological polar surface area (TPSA) is 111 Å². The summed E-state index contributed by atoms with van der Waals surface area (Å²) in [7, 11) is 4.97. The molecule has 2 N–H and O–H groups in total. The molecule has 2 unspecified atom stereocenters. The summed E-state index contributed by atoms with van der Waals surface area (Å²) in [4.78, 5) is 49.9. The van der Waals surface area contributed by atoms with Crippen LogP contribution in [-0.4, -0.2) is 60.6 Å². The number of ether oxygens (including phenoxy) is 2. The average Bonchev–Trinajstić information content (AvgIpc) is 2.90. The molecule has 0 saturated heterocycles. The molecular weight excluding hydrogens is 500 g/mol. The predicted molar refractivity (Wildman–Crippen MR) is 142 cm³/mol. The van der Waals surface area contributed by atoms with E-state index in [1.807, 2.05) is 60.7 Å². The molecule has 2 aromatic rings. The highest BCUT2D eigenvalue weighted by Crippen LogP contribution is 2.31. The maximum Gasteiger partial charge on any atom is 0.328 e. The van der Waals surface area contributed by atoms with E-state index in [0.717, 1.165) is 11.1 Å². The number of methoxy groups -OCH3 is 2. The van der Waals surface area contributed by atoms with Crippen LogP contribution in [0.5, 0.6) is 0 Å². The second-order valence-electron chi connectivity index (χ2n) is 8.03. The van der Waals surface area contributed by atoms with Crippen molar-refractivity contribution < 1.29 is 28.7 Å². The third-order valence-electron chi connectivity index (χ3n) is 5.25. The molecule has 0 aromatic heterocycles. The lowest BCUT2D eigenvalue weighted by Crippen LogP contribution is -2.46. The van der Waals surface area contributed by atoms with Gasteiger partial charge in [0, 0.05) is 12.8 Å². The third-order valence-corrected chi connectivity index (χ3v) is 8.43. The highest BCUT2D eigenvalue weighted by molar-refractivity contribution is 8.77. The van der Waals surface area contributed by atoms with Crippen molar-refractivity contribution in [2.24, 2.45) is 0 Å². The molecule has 0 aliphatic heterocycles. The Kier molecular flexibility index (Phi) is 12.4. The van der Waals surface area contributed by atoms with Gasteiger partial charge in [0.05, 0.1) is 24.7 Å². The zero-order valence-electron chi connectivity index (χ0n) is 20.8. The van der Waals surface area contributed by atoms with Crippen molar-refractivity contribution in [2.75, 3.05) is 14.2 Å². The standard InChI is InChI=1S/C26H32N2O6S2/c1-17(23(29)27-21(25(31)33-3)15-19-11-7-5-8-12-19)35-36-18(2)24(30)28-22(26(32)34-4)16-20-13-9-6-10-14-20/h5-14,17-18,21-22H,15-16H2,1-4H3,(H,27,29)(H,28,30)/t17?,18?,21-,22-/m0/s1. The summed E-state index contributed by atoms with van der Waals surface area (Å²) in [6, 6.07) is 17.0. The smallest absolute Gasteiger partial charge is 0.328 e. The normalized spacial score (nSPS) is 14.0. The van der Waals surface area contributed by atoms with Gasteiger partial charge in [0.2, 0.25) is 11.8 Å². The minimum atomic E-state index is -0.822. The van der Waals surface area contributed by atoms with Crippen LogP contribution in [0, 0.1) is 0 Å². The Morgan fingerprint density at radius 3 is 1.31 bits per heavy atom. The number of benzene rings is 2. The summed E-state index contributed by atoms with van der Waals surface area (Å²) in [5, 5.41) is 4.39. The Labute approximate surface area is 219 Å². The Morgan fingerprint density at radius 1 is 0.667 bits per heavy atom. The van der Waals surface area contributed by atoms with Crippen molar-refractivity contribution in [1.29, 1.82) is 0 Å². The summed E-state index contributed by atoms with van der Waals surface area (Å²) in [6.07, 6.45) is 0.609. The van der Waals surface area contributed by atoms with Crippen molar-refractivity contribution in [3.8, 4) is 0 Å². The molecule has 0 saturated carbocycles. The summed E-state index contributed by atoms with van der Waals surface area (Å²) in [5.41, 5.74) is 1.78. The van der Waals surface area contributed by atoms with Gasteiger partial charge in [-0.15, -0.1) is 0 Å². The lowest BCUT2D eigenvalue weighted by Gasteiger charge is -2.21. The molecule has 0 heterocycles. The second kappa shape index (κ2) is 15.2. The number of amides is 2. The largest absolute Gasteiger partial charge is 0.467 e. The molecule has 0 spiro atoms. The number of hydrogen-bond acceptors (Lipinski definition) is 8. The van der Waals surface area contributed by atoms with Gasteiger partial charge in [0.1, 0.15) is 12.1 Å². The molecule has 0 radical (unpaired) electrons. The Morgan fingerprint density at radius 2 is 1.00 bits per heavy atom. The van der Waals surface area contributed by atoms with E-state index in [4.69, 9.17) is 9.47 Å². The van der Waals surface area contributed by atoms with Crippen LogP contribution in [0.3, 0.4) is 0 Å². The molecule has 0 bridgehead atoms. The fraction of sp³-hybridized carbons (Fsp3) is 0.385. The van der Waals surface area contributed by atoms with Crippen LogP contribution in [0.1, 0.15) is 25.0 Å². The minimum Gasteiger partial charge on any atom is -0.467 e. The van der Waals surface area contributed by atoms with Gasteiger partial charge in [-0.25, -0.2) is 9.59 Å². The van der Waals surface area contributed by atoms with Gasteiger partial charge in [-0.05, 0) is 25.0 Å². The first-order valence-electron chi connectivity index (χ1n) is 11.4. The van der Waals surface area contributed by atoms with Crippen LogP contribution >= 0.6 is 21.6 Å². The molecule has 36 heavy (non-hydrogen) atoms. The fourth-order valence-electron chi connectivity index (χ4n) is 3.20. The summed E-state index contributed by atoms with van der Waals surface area (Å²) in [6.45, 7) is 3.39. The zero-order valence-corrected chi connectivity index (χ0v) is 22.4. The van der Waals surface area contributed by atoms with E-state index in [1.54, 1.807) is 13.8 Å². The van der Waals surface area contributed by atoms with Gasteiger partial charge in [0.15, 0.2) is 0 Å². The van der Waals surface area contributed by atoms with Crippen molar-refractivity contribution in [1.82, 2.24) is 10.6 Å². The van der Waals surface area contributed by atoms with Crippen LogP contribution < -0.4 is 10.6 Å². The summed E-state index contributed by atoms with van der Waals surface area (Å²) < 4.78 is 9.69. The van der Waals surface area contributed by atoms with Crippen molar-refractivity contribution in [2.45, 2.75) is 49.3 Å². The van der Waals surface area contributed by atoms with Crippen LogP contribution in [-0.2, 0) is 41.5 Å². The number of nitrogens with one attached hydrogen (secondary N) is 2. The predicted octanol–water partition coefficient (Wildman–Crippen LogP) is 2.95. The SMILES string of the molecule is COC(=O)[C@H](Cc1ccccc1)NC(=O)C(C)SSC(C)C(=O)N[C@@H](Cc1ccccc1)C(=O)OC. The molecule has 8 nitrogen and oxygen atoms in total. The van der Waals surface area contributed by atoms with E-state index in [1.165, 1.54) is 35.8 Å². The van der Waals surface area contributed by atoms with Crippen molar-refractivity contribution in [3.63, 3.8) is 0 Å². The molecular formula is C26H32N2O6S2. The molecule has 2 aromatic carbocycles. The van der Waals surface area contributed by atoms with Gasteiger partial charge >= 0.3 is 11.9 Å².